The van der Waals surface area contributed by atoms with E-state index in [2.05, 4.69) is 11.4 Å². The Morgan fingerprint density at radius 1 is 1.20 bits per heavy atom. The molecular weight excluding hydrogens is 314 g/mol. The van der Waals surface area contributed by atoms with Crippen LogP contribution < -0.4 is 10.1 Å². The van der Waals surface area contributed by atoms with E-state index in [0.717, 1.165) is 54.8 Å². The van der Waals surface area contributed by atoms with Crippen LogP contribution >= 0.6 is 0 Å². The number of aromatic nitrogens is 1. The van der Waals surface area contributed by atoms with Gasteiger partial charge in [-0.25, -0.2) is 4.98 Å². The summed E-state index contributed by atoms with van der Waals surface area (Å²) in [6, 6.07) is 10.2. The minimum absolute atomic E-state index is 0.271. The lowest BCUT2D eigenvalue weighted by molar-refractivity contribution is -0.134. The van der Waals surface area contributed by atoms with Crippen molar-refractivity contribution in [3.63, 3.8) is 0 Å². The summed E-state index contributed by atoms with van der Waals surface area (Å²) in [5.41, 5.74) is 0.947. The first-order chi connectivity index (χ1) is 12.2. The lowest BCUT2D eigenvalue weighted by Gasteiger charge is -2.21. The third kappa shape index (κ3) is 3.41. The number of ether oxygens (including phenoxy) is 1. The second-order valence-corrected chi connectivity index (χ2v) is 7.15. The van der Waals surface area contributed by atoms with E-state index < -0.39 is 0 Å². The molecule has 132 valence electrons. The second-order valence-electron chi connectivity index (χ2n) is 7.15. The highest BCUT2D eigenvalue weighted by Gasteiger charge is 2.32. The molecule has 1 atom stereocenters. The van der Waals surface area contributed by atoms with Gasteiger partial charge in [0, 0.05) is 30.4 Å². The Labute approximate surface area is 148 Å². The SMILES string of the molecule is COc1ccc2nc(NC3CCN(C(=O)C4CCCC4)C3)ccc2c1. The average Bonchev–Trinajstić information content (AvgIpc) is 3.33. The number of nitrogens with zero attached hydrogens (tertiary/aromatic N) is 2. The van der Waals surface area contributed by atoms with Crippen LogP contribution in [0.25, 0.3) is 10.9 Å². The van der Waals surface area contributed by atoms with Crippen molar-refractivity contribution < 1.29 is 9.53 Å². The van der Waals surface area contributed by atoms with Crippen molar-refractivity contribution in [3.05, 3.63) is 30.3 Å². The molecule has 1 saturated heterocycles. The molecule has 5 heteroatoms. The molecule has 1 amide bonds. The number of amides is 1. The summed E-state index contributed by atoms with van der Waals surface area (Å²) in [6.45, 7) is 1.65. The summed E-state index contributed by atoms with van der Waals surface area (Å²) >= 11 is 0. The number of benzene rings is 1. The van der Waals surface area contributed by atoms with Gasteiger partial charge in [0.05, 0.1) is 12.6 Å². The molecule has 1 unspecified atom stereocenters. The van der Waals surface area contributed by atoms with Crippen LogP contribution in [0.2, 0.25) is 0 Å². The van der Waals surface area contributed by atoms with Gasteiger partial charge in [0.25, 0.3) is 0 Å². The normalized spacial score (nSPS) is 21.0. The number of hydrogen-bond acceptors (Lipinski definition) is 4. The summed E-state index contributed by atoms with van der Waals surface area (Å²) in [5.74, 6) is 2.34. The van der Waals surface area contributed by atoms with Gasteiger partial charge in [-0.3, -0.25) is 4.79 Å². The van der Waals surface area contributed by atoms with Gasteiger partial charge in [0.2, 0.25) is 5.91 Å². The average molecular weight is 339 g/mol. The zero-order valence-electron chi connectivity index (χ0n) is 14.7. The van der Waals surface area contributed by atoms with Crippen molar-refractivity contribution in [2.24, 2.45) is 5.92 Å². The van der Waals surface area contributed by atoms with Gasteiger partial charge in [0.1, 0.15) is 11.6 Å². The quantitative estimate of drug-likeness (QED) is 0.927. The molecule has 1 aromatic carbocycles. The number of rotatable bonds is 4. The molecule has 0 bridgehead atoms. The molecule has 2 aliphatic rings. The summed E-state index contributed by atoms with van der Waals surface area (Å²) in [5, 5.41) is 4.57. The lowest BCUT2D eigenvalue weighted by atomic mass is 10.1. The number of methoxy groups -OCH3 is 1. The second kappa shape index (κ2) is 6.90. The number of nitrogens with one attached hydrogen (secondary N) is 1. The van der Waals surface area contributed by atoms with Crippen LogP contribution in [0.4, 0.5) is 5.82 Å². The fourth-order valence-corrected chi connectivity index (χ4v) is 4.03. The molecule has 2 fully saturated rings. The number of carbonyl (C=O) groups is 1. The van der Waals surface area contributed by atoms with E-state index in [1.807, 2.05) is 29.2 Å². The summed E-state index contributed by atoms with van der Waals surface area (Å²) in [4.78, 5) is 19.3. The van der Waals surface area contributed by atoms with Crippen molar-refractivity contribution >= 4 is 22.6 Å². The molecular formula is C20H25N3O2. The zero-order chi connectivity index (χ0) is 17.2. The summed E-state index contributed by atoms with van der Waals surface area (Å²) < 4.78 is 5.26. The Morgan fingerprint density at radius 2 is 2.04 bits per heavy atom. The summed E-state index contributed by atoms with van der Waals surface area (Å²) in [6.07, 6.45) is 5.54. The number of hydrogen-bond donors (Lipinski definition) is 1. The molecule has 1 aromatic heterocycles. The van der Waals surface area contributed by atoms with E-state index in [0.29, 0.717) is 5.91 Å². The molecule has 0 spiro atoms. The highest BCUT2D eigenvalue weighted by atomic mass is 16.5. The van der Waals surface area contributed by atoms with Crippen molar-refractivity contribution in [1.29, 1.82) is 0 Å². The van der Waals surface area contributed by atoms with Crippen molar-refractivity contribution in [2.45, 2.75) is 38.1 Å². The Kier molecular flexibility index (Phi) is 4.47. The van der Waals surface area contributed by atoms with Crippen molar-refractivity contribution in [3.8, 4) is 5.75 Å². The molecule has 2 aromatic rings. The van der Waals surface area contributed by atoms with Crippen molar-refractivity contribution in [2.75, 3.05) is 25.5 Å². The zero-order valence-corrected chi connectivity index (χ0v) is 14.7. The van der Waals surface area contributed by atoms with Gasteiger partial charge >= 0.3 is 0 Å². The number of carbonyl (C=O) groups excluding carboxylic acids is 1. The Hall–Kier alpha value is -2.30. The fraction of sp³-hybridized carbons (Fsp3) is 0.500. The Morgan fingerprint density at radius 3 is 2.84 bits per heavy atom. The predicted octanol–water partition coefficient (Wildman–Crippen LogP) is 3.45. The van der Waals surface area contributed by atoms with Gasteiger partial charge < -0.3 is 15.0 Å². The maximum absolute atomic E-state index is 12.6. The smallest absolute Gasteiger partial charge is 0.225 e. The monoisotopic (exact) mass is 339 g/mol. The first-order valence-corrected chi connectivity index (χ1v) is 9.23. The van der Waals surface area contributed by atoms with E-state index in [1.165, 1.54) is 12.8 Å². The third-order valence-corrected chi connectivity index (χ3v) is 5.45. The van der Waals surface area contributed by atoms with E-state index in [4.69, 9.17) is 9.72 Å². The summed E-state index contributed by atoms with van der Waals surface area (Å²) in [7, 11) is 1.67. The molecule has 2 heterocycles. The Balaban J connectivity index is 1.40. The van der Waals surface area contributed by atoms with E-state index in [-0.39, 0.29) is 12.0 Å². The minimum atomic E-state index is 0.271. The number of pyridine rings is 1. The van der Waals surface area contributed by atoms with Crippen LogP contribution in [0.5, 0.6) is 5.75 Å². The standard InChI is InChI=1S/C20H25N3O2/c1-25-17-7-8-18-15(12-17)6-9-19(22-18)21-16-10-11-23(13-16)20(24)14-4-2-3-5-14/h6-9,12,14,16H,2-5,10-11,13H2,1H3,(H,21,22). The van der Waals surface area contributed by atoms with Crippen LogP contribution in [0, 0.1) is 5.92 Å². The minimum Gasteiger partial charge on any atom is -0.497 e. The Bertz CT molecular complexity index is 771. The first kappa shape index (κ1) is 16.2. The van der Waals surface area contributed by atoms with Gasteiger partial charge in [0.15, 0.2) is 0 Å². The van der Waals surface area contributed by atoms with Crippen LogP contribution in [0.3, 0.4) is 0 Å². The van der Waals surface area contributed by atoms with E-state index in [9.17, 15) is 4.79 Å². The van der Waals surface area contributed by atoms with Crippen molar-refractivity contribution in [1.82, 2.24) is 9.88 Å². The van der Waals surface area contributed by atoms with Gasteiger partial charge in [-0.15, -0.1) is 0 Å². The van der Waals surface area contributed by atoms with Gasteiger partial charge in [-0.2, -0.15) is 0 Å². The van der Waals surface area contributed by atoms with Crippen LogP contribution in [0.1, 0.15) is 32.1 Å². The molecule has 1 aliphatic heterocycles. The molecule has 25 heavy (non-hydrogen) atoms. The van der Waals surface area contributed by atoms with Crippen LogP contribution in [0.15, 0.2) is 30.3 Å². The highest BCUT2D eigenvalue weighted by molar-refractivity contribution is 5.82. The highest BCUT2D eigenvalue weighted by Crippen LogP contribution is 2.28. The lowest BCUT2D eigenvalue weighted by Crippen LogP contribution is -2.35. The van der Waals surface area contributed by atoms with E-state index >= 15 is 0 Å². The third-order valence-electron chi connectivity index (χ3n) is 5.45. The maximum atomic E-state index is 12.6. The number of likely N-dealkylation sites (tertiary alicyclic amines) is 1. The molecule has 1 N–H and O–H groups in total. The van der Waals surface area contributed by atoms with Crippen LogP contribution in [-0.4, -0.2) is 42.0 Å². The van der Waals surface area contributed by atoms with Gasteiger partial charge in [-0.05, 0) is 49.6 Å². The largest absolute Gasteiger partial charge is 0.497 e. The molecule has 5 nitrogen and oxygen atoms in total. The topological polar surface area (TPSA) is 54.5 Å². The van der Waals surface area contributed by atoms with Gasteiger partial charge in [-0.1, -0.05) is 12.8 Å². The molecule has 0 radical (unpaired) electrons. The van der Waals surface area contributed by atoms with E-state index in [1.54, 1.807) is 7.11 Å². The predicted molar refractivity (Wildman–Crippen MR) is 98.9 cm³/mol. The maximum Gasteiger partial charge on any atom is 0.225 e. The molecule has 1 aliphatic carbocycles. The first-order valence-electron chi connectivity index (χ1n) is 9.23. The van der Waals surface area contributed by atoms with Crippen LogP contribution in [-0.2, 0) is 4.79 Å². The fourth-order valence-electron chi connectivity index (χ4n) is 4.03. The number of anilines is 1. The number of fused-ring (bicyclic) bond motifs is 1. The molecule has 4 rings (SSSR count). The molecule has 1 saturated carbocycles.